The predicted octanol–water partition coefficient (Wildman–Crippen LogP) is 4.07. The molecule has 8 heteroatoms. The molecule has 2 heterocycles. The van der Waals surface area contributed by atoms with Gasteiger partial charge in [-0.25, -0.2) is 9.97 Å². The molecule has 106 valence electrons. The van der Waals surface area contributed by atoms with Crippen LogP contribution in [-0.4, -0.2) is 21.0 Å². The Kier molecular flexibility index (Phi) is 5.26. The Morgan fingerprint density at radius 2 is 2.15 bits per heavy atom. The Labute approximate surface area is 134 Å². The zero-order valence-corrected chi connectivity index (χ0v) is 13.5. The second-order valence-corrected chi connectivity index (χ2v) is 6.98. The molecule has 0 spiro atoms. The highest BCUT2D eigenvalue weighted by molar-refractivity contribution is 8.00. The number of thioether (sulfide) groups is 1. The van der Waals surface area contributed by atoms with Crippen molar-refractivity contribution in [1.82, 2.24) is 9.97 Å². The summed E-state index contributed by atoms with van der Waals surface area (Å²) in [7, 11) is 0. The van der Waals surface area contributed by atoms with Crippen molar-refractivity contribution in [2.45, 2.75) is 23.4 Å². The van der Waals surface area contributed by atoms with Gasteiger partial charge in [0, 0.05) is 10.6 Å². The summed E-state index contributed by atoms with van der Waals surface area (Å²) in [6.45, 7) is 1.82. The zero-order chi connectivity index (χ0) is 14.7. The summed E-state index contributed by atoms with van der Waals surface area (Å²) >= 11 is 14.6. The van der Waals surface area contributed by atoms with Crippen LogP contribution in [0.4, 0.5) is 0 Å². The minimum atomic E-state index is -0.849. The molecule has 0 radical (unpaired) electrons. The van der Waals surface area contributed by atoms with Crippen molar-refractivity contribution in [3.63, 3.8) is 0 Å². The lowest BCUT2D eigenvalue weighted by Crippen LogP contribution is -1.99. The molecule has 0 atom stereocenters. The van der Waals surface area contributed by atoms with E-state index in [0.717, 1.165) is 20.5 Å². The van der Waals surface area contributed by atoms with Crippen LogP contribution >= 0.6 is 46.3 Å². The van der Waals surface area contributed by atoms with Crippen LogP contribution in [0.1, 0.15) is 16.1 Å². The average Bonchev–Trinajstić information content (AvgIpc) is 2.68. The van der Waals surface area contributed by atoms with Gasteiger partial charge in [0.05, 0.1) is 12.1 Å². The van der Waals surface area contributed by atoms with Crippen LogP contribution < -0.4 is 0 Å². The van der Waals surface area contributed by atoms with Crippen LogP contribution in [-0.2, 0) is 17.0 Å². The first-order valence-corrected chi connectivity index (χ1v) is 8.13. The number of carbonyl (C=O) groups is 1. The van der Waals surface area contributed by atoms with E-state index in [4.69, 9.17) is 28.3 Å². The smallest absolute Gasteiger partial charge is 0.308 e. The molecule has 0 amide bonds. The van der Waals surface area contributed by atoms with E-state index in [1.807, 2.05) is 13.0 Å². The molecular weight excluding hydrogens is 339 g/mol. The Bertz CT molecular complexity index is 646. The van der Waals surface area contributed by atoms with Gasteiger partial charge in [-0.2, -0.15) is 0 Å². The highest BCUT2D eigenvalue weighted by atomic mass is 35.5. The molecule has 4 nitrogen and oxygen atoms in total. The van der Waals surface area contributed by atoms with Gasteiger partial charge in [0.1, 0.15) is 10.3 Å². The van der Waals surface area contributed by atoms with Gasteiger partial charge in [-0.1, -0.05) is 41.0 Å². The van der Waals surface area contributed by atoms with Gasteiger partial charge in [0.2, 0.25) is 0 Å². The Morgan fingerprint density at radius 3 is 2.80 bits per heavy atom. The van der Waals surface area contributed by atoms with Gasteiger partial charge in [-0.15, -0.1) is 11.3 Å². The number of carboxylic acids is 1. The van der Waals surface area contributed by atoms with Crippen LogP contribution in [0.25, 0.3) is 0 Å². The van der Waals surface area contributed by atoms with Crippen LogP contribution in [0.3, 0.4) is 0 Å². The lowest BCUT2D eigenvalue weighted by Gasteiger charge is -2.01. The molecule has 0 aromatic carbocycles. The van der Waals surface area contributed by atoms with Crippen molar-refractivity contribution in [3.05, 3.63) is 38.6 Å². The molecular formula is C12H10Cl2N2O2S2. The molecule has 0 saturated carbocycles. The minimum Gasteiger partial charge on any atom is -0.481 e. The normalized spacial score (nSPS) is 10.8. The van der Waals surface area contributed by atoms with E-state index in [9.17, 15) is 4.79 Å². The Morgan fingerprint density at radius 1 is 1.40 bits per heavy atom. The second kappa shape index (κ2) is 6.76. The fourth-order valence-corrected chi connectivity index (χ4v) is 4.15. The summed E-state index contributed by atoms with van der Waals surface area (Å²) in [6, 6.07) is 3.51. The van der Waals surface area contributed by atoms with Crippen molar-refractivity contribution in [1.29, 1.82) is 0 Å². The number of carboxylic acid groups (broad SMARTS) is 1. The fraction of sp³-hybridized carbons (Fsp3) is 0.250. The Balaban J connectivity index is 2.05. The monoisotopic (exact) mass is 348 g/mol. The number of rotatable bonds is 5. The van der Waals surface area contributed by atoms with Gasteiger partial charge < -0.3 is 5.11 Å². The van der Waals surface area contributed by atoms with Gasteiger partial charge in [-0.05, 0) is 18.6 Å². The number of hydrogen-bond donors (Lipinski definition) is 1. The first-order valence-electron chi connectivity index (χ1n) is 5.57. The molecule has 0 saturated heterocycles. The maximum atomic E-state index is 10.7. The fourth-order valence-electron chi connectivity index (χ4n) is 1.45. The summed E-state index contributed by atoms with van der Waals surface area (Å²) in [5.74, 6) is -0.235. The number of nitrogens with zero attached hydrogens (tertiary/aromatic N) is 2. The molecule has 20 heavy (non-hydrogen) atoms. The van der Waals surface area contributed by atoms with E-state index in [1.165, 1.54) is 23.1 Å². The quantitative estimate of drug-likeness (QED) is 0.651. The number of thiazole rings is 1. The lowest BCUT2D eigenvalue weighted by atomic mass is 10.3. The topological polar surface area (TPSA) is 63.1 Å². The van der Waals surface area contributed by atoms with Crippen molar-refractivity contribution in [3.8, 4) is 0 Å². The van der Waals surface area contributed by atoms with Crippen LogP contribution in [0.15, 0.2) is 16.5 Å². The summed E-state index contributed by atoms with van der Waals surface area (Å²) in [4.78, 5) is 19.8. The number of halogens is 2. The van der Waals surface area contributed by atoms with Crippen LogP contribution in [0.2, 0.25) is 10.3 Å². The zero-order valence-electron chi connectivity index (χ0n) is 10.4. The highest BCUT2D eigenvalue weighted by Gasteiger charge is 2.12. The van der Waals surface area contributed by atoms with Gasteiger partial charge in [0.25, 0.3) is 0 Å². The predicted molar refractivity (Wildman–Crippen MR) is 82.0 cm³/mol. The Hall–Kier alpha value is -0.820. The van der Waals surface area contributed by atoms with E-state index in [0.29, 0.717) is 16.1 Å². The second-order valence-electron chi connectivity index (χ2n) is 3.93. The molecule has 0 fully saturated rings. The lowest BCUT2D eigenvalue weighted by molar-refractivity contribution is -0.136. The molecule has 0 unspecified atom stereocenters. The minimum absolute atomic E-state index is 0.00726. The number of aryl methyl sites for hydroxylation is 1. The number of pyridine rings is 1. The number of aliphatic carboxylic acids is 1. The van der Waals surface area contributed by atoms with Crippen molar-refractivity contribution in [2.24, 2.45) is 0 Å². The molecule has 2 rings (SSSR count). The van der Waals surface area contributed by atoms with Gasteiger partial charge in [0.15, 0.2) is 4.34 Å². The average molecular weight is 349 g/mol. The third-order valence-electron chi connectivity index (χ3n) is 2.43. The molecule has 2 aromatic rings. The first kappa shape index (κ1) is 15.6. The SMILES string of the molecule is Cc1nc(SCc2ccc(Cl)nc2Cl)sc1CC(=O)O. The molecule has 1 N–H and O–H groups in total. The number of aromatic nitrogens is 2. The molecule has 0 bridgehead atoms. The van der Waals surface area contributed by atoms with Gasteiger partial charge >= 0.3 is 5.97 Å². The van der Waals surface area contributed by atoms with Crippen molar-refractivity contribution in [2.75, 3.05) is 0 Å². The van der Waals surface area contributed by atoms with E-state index in [2.05, 4.69) is 9.97 Å². The third-order valence-corrected chi connectivity index (χ3v) is 5.31. The van der Waals surface area contributed by atoms with Crippen molar-refractivity contribution >= 4 is 52.3 Å². The number of hydrogen-bond acceptors (Lipinski definition) is 5. The van der Waals surface area contributed by atoms with Crippen LogP contribution in [0, 0.1) is 6.92 Å². The molecule has 0 aliphatic heterocycles. The summed E-state index contributed by atoms with van der Waals surface area (Å²) < 4.78 is 0.824. The van der Waals surface area contributed by atoms with Crippen molar-refractivity contribution < 1.29 is 9.90 Å². The summed E-state index contributed by atoms with van der Waals surface area (Å²) in [6.07, 6.45) is 0.00726. The van der Waals surface area contributed by atoms with E-state index in [1.54, 1.807) is 6.07 Å². The maximum absolute atomic E-state index is 10.7. The summed E-state index contributed by atoms with van der Waals surface area (Å²) in [5.41, 5.74) is 1.63. The van der Waals surface area contributed by atoms with Gasteiger partial charge in [-0.3, -0.25) is 4.79 Å². The largest absolute Gasteiger partial charge is 0.481 e. The molecule has 0 aliphatic carbocycles. The highest BCUT2D eigenvalue weighted by Crippen LogP contribution is 2.31. The molecule has 2 aromatic heterocycles. The first-order chi connectivity index (χ1) is 9.45. The van der Waals surface area contributed by atoms with E-state index < -0.39 is 5.97 Å². The maximum Gasteiger partial charge on any atom is 0.308 e. The summed E-state index contributed by atoms with van der Waals surface area (Å²) in [5, 5.41) is 9.54. The van der Waals surface area contributed by atoms with E-state index in [-0.39, 0.29) is 6.42 Å². The van der Waals surface area contributed by atoms with E-state index >= 15 is 0 Å². The standard InChI is InChI=1S/C12H10Cl2N2O2S2/c1-6-8(4-10(17)18)20-12(15-6)19-5-7-2-3-9(13)16-11(7)14/h2-3H,4-5H2,1H3,(H,17,18). The molecule has 0 aliphatic rings. The third kappa shape index (κ3) is 4.09. The van der Waals surface area contributed by atoms with Crippen LogP contribution in [0.5, 0.6) is 0 Å².